The number of likely N-dealkylation sites (N-methyl/N-ethyl adjacent to an activating group) is 1. The monoisotopic (exact) mass is 306 g/mol. The van der Waals surface area contributed by atoms with Gasteiger partial charge in [-0.3, -0.25) is 9.69 Å². The molecule has 1 aliphatic heterocycles. The summed E-state index contributed by atoms with van der Waals surface area (Å²) in [5.41, 5.74) is 0.754. The lowest BCUT2D eigenvalue weighted by atomic mass is 10.2. The van der Waals surface area contributed by atoms with Crippen molar-refractivity contribution >= 4 is 17.2 Å². The van der Waals surface area contributed by atoms with Crippen LogP contribution in [0, 0.1) is 11.8 Å². The second-order valence-electron chi connectivity index (χ2n) is 5.07. The van der Waals surface area contributed by atoms with E-state index in [-0.39, 0.29) is 12.5 Å². The molecule has 2 rings (SSSR count). The van der Waals surface area contributed by atoms with Crippen molar-refractivity contribution in [2.24, 2.45) is 0 Å². The zero-order chi connectivity index (χ0) is 15.1. The average molecular weight is 306 g/mol. The Morgan fingerprint density at radius 2 is 2.48 bits per heavy atom. The molecule has 0 spiro atoms. The van der Waals surface area contributed by atoms with E-state index in [0.717, 1.165) is 25.1 Å². The van der Waals surface area contributed by atoms with E-state index in [4.69, 9.17) is 5.11 Å². The van der Waals surface area contributed by atoms with Gasteiger partial charge in [-0.05, 0) is 37.4 Å². The molecule has 0 aromatic carbocycles. The summed E-state index contributed by atoms with van der Waals surface area (Å²) in [5.74, 6) is 5.78. The van der Waals surface area contributed by atoms with Gasteiger partial charge in [-0.2, -0.15) is 0 Å². The molecular formula is C16H22N2O2S. The van der Waals surface area contributed by atoms with Crippen LogP contribution < -0.4 is 5.32 Å². The van der Waals surface area contributed by atoms with Gasteiger partial charge in [0.1, 0.15) is 4.88 Å². The van der Waals surface area contributed by atoms with Crippen LogP contribution in [0.3, 0.4) is 0 Å². The Bertz CT molecular complexity index is 530. The van der Waals surface area contributed by atoms with Crippen LogP contribution in [-0.4, -0.2) is 48.2 Å². The van der Waals surface area contributed by atoms with Gasteiger partial charge in [0, 0.05) is 24.6 Å². The molecule has 114 valence electrons. The second kappa shape index (κ2) is 8.18. The van der Waals surface area contributed by atoms with Gasteiger partial charge in [0.2, 0.25) is 0 Å². The van der Waals surface area contributed by atoms with Gasteiger partial charge in [-0.25, -0.2) is 0 Å². The van der Waals surface area contributed by atoms with E-state index >= 15 is 0 Å². The number of likely N-dealkylation sites (tertiary alicyclic amines) is 1. The van der Waals surface area contributed by atoms with Gasteiger partial charge < -0.3 is 10.4 Å². The van der Waals surface area contributed by atoms with E-state index in [1.54, 1.807) is 0 Å². The minimum atomic E-state index is -0.0405. The third-order valence-corrected chi connectivity index (χ3v) is 4.65. The first-order chi connectivity index (χ1) is 10.3. The summed E-state index contributed by atoms with van der Waals surface area (Å²) in [6, 6.07) is 2.32. The molecule has 1 atom stereocenters. The van der Waals surface area contributed by atoms with E-state index in [0.29, 0.717) is 23.9 Å². The van der Waals surface area contributed by atoms with Gasteiger partial charge in [-0.1, -0.05) is 18.8 Å². The van der Waals surface area contributed by atoms with Crippen molar-refractivity contribution in [1.29, 1.82) is 0 Å². The topological polar surface area (TPSA) is 52.6 Å². The Morgan fingerprint density at radius 1 is 1.62 bits per heavy atom. The molecule has 1 aromatic rings. The molecule has 2 N–H and O–H groups in total. The maximum Gasteiger partial charge on any atom is 0.262 e. The molecule has 2 heterocycles. The van der Waals surface area contributed by atoms with Crippen LogP contribution in [0.5, 0.6) is 0 Å². The fraction of sp³-hybridized carbons (Fsp3) is 0.562. The Kier molecular flexibility index (Phi) is 6.24. The number of carbonyl (C=O) groups excluding carboxylic acids is 1. The van der Waals surface area contributed by atoms with Crippen molar-refractivity contribution in [1.82, 2.24) is 10.2 Å². The lowest BCUT2D eigenvalue weighted by molar-refractivity contribution is 0.0945. The molecule has 0 saturated carbocycles. The Balaban J connectivity index is 1.92. The zero-order valence-corrected chi connectivity index (χ0v) is 13.2. The lowest BCUT2D eigenvalue weighted by Crippen LogP contribution is -2.39. The number of carbonyl (C=O) groups is 1. The summed E-state index contributed by atoms with van der Waals surface area (Å²) in [6.45, 7) is 5.08. The SMILES string of the molecule is CCN1CCCC1CNC(=O)c1sccc1C#CCCO. The number of nitrogens with one attached hydrogen (secondary N) is 1. The summed E-state index contributed by atoms with van der Waals surface area (Å²) in [4.78, 5) is 15.4. The number of thiophene rings is 1. The van der Waals surface area contributed by atoms with Crippen LogP contribution >= 0.6 is 11.3 Å². The number of aliphatic hydroxyl groups excluding tert-OH is 1. The average Bonchev–Trinajstić information content (AvgIpc) is 3.13. The fourth-order valence-electron chi connectivity index (χ4n) is 2.63. The molecule has 1 unspecified atom stereocenters. The Labute approximate surface area is 130 Å². The summed E-state index contributed by atoms with van der Waals surface area (Å²) in [5, 5.41) is 13.7. The van der Waals surface area contributed by atoms with E-state index in [9.17, 15) is 4.79 Å². The summed E-state index contributed by atoms with van der Waals surface area (Å²) >= 11 is 1.41. The predicted molar refractivity (Wildman–Crippen MR) is 85.5 cm³/mol. The summed E-state index contributed by atoms with van der Waals surface area (Å²) < 4.78 is 0. The van der Waals surface area contributed by atoms with Crippen LogP contribution in [-0.2, 0) is 0 Å². The van der Waals surface area contributed by atoms with Crippen molar-refractivity contribution in [3.8, 4) is 11.8 Å². The molecule has 5 heteroatoms. The summed E-state index contributed by atoms with van der Waals surface area (Å²) in [7, 11) is 0. The van der Waals surface area contributed by atoms with E-state index in [1.807, 2.05) is 11.4 Å². The number of hydrogen-bond donors (Lipinski definition) is 2. The third-order valence-electron chi connectivity index (χ3n) is 3.73. The van der Waals surface area contributed by atoms with E-state index in [2.05, 4.69) is 29.0 Å². The van der Waals surface area contributed by atoms with Gasteiger partial charge in [-0.15, -0.1) is 11.3 Å². The fourth-order valence-corrected chi connectivity index (χ4v) is 3.40. The first-order valence-corrected chi connectivity index (χ1v) is 8.33. The predicted octanol–water partition coefficient (Wildman–Crippen LogP) is 1.70. The molecule has 1 saturated heterocycles. The van der Waals surface area contributed by atoms with Crippen molar-refractivity contribution in [3.05, 3.63) is 21.9 Å². The number of aliphatic hydroxyl groups is 1. The molecule has 1 aromatic heterocycles. The van der Waals surface area contributed by atoms with Crippen LogP contribution in [0.1, 0.15) is 41.4 Å². The van der Waals surface area contributed by atoms with Crippen molar-refractivity contribution in [3.63, 3.8) is 0 Å². The van der Waals surface area contributed by atoms with Crippen LogP contribution in [0.2, 0.25) is 0 Å². The highest BCUT2D eigenvalue weighted by Gasteiger charge is 2.23. The van der Waals surface area contributed by atoms with E-state index < -0.39 is 0 Å². The minimum absolute atomic E-state index is 0.0405. The normalized spacial score (nSPS) is 18.3. The maximum absolute atomic E-state index is 12.3. The summed E-state index contributed by atoms with van der Waals surface area (Å²) in [6.07, 6.45) is 2.80. The number of nitrogens with zero attached hydrogens (tertiary/aromatic N) is 1. The molecule has 0 radical (unpaired) electrons. The molecule has 1 amide bonds. The largest absolute Gasteiger partial charge is 0.395 e. The van der Waals surface area contributed by atoms with Gasteiger partial charge in [0.05, 0.1) is 6.61 Å². The quantitative estimate of drug-likeness (QED) is 0.814. The van der Waals surface area contributed by atoms with Crippen molar-refractivity contribution < 1.29 is 9.90 Å². The van der Waals surface area contributed by atoms with Crippen LogP contribution in [0.15, 0.2) is 11.4 Å². The molecule has 1 fully saturated rings. The molecular weight excluding hydrogens is 284 g/mol. The highest BCUT2D eigenvalue weighted by atomic mass is 32.1. The Morgan fingerprint density at radius 3 is 3.24 bits per heavy atom. The smallest absolute Gasteiger partial charge is 0.262 e. The zero-order valence-electron chi connectivity index (χ0n) is 12.4. The van der Waals surface area contributed by atoms with Crippen LogP contribution in [0.4, 0.5) is 0 Å². The molecule has 0 aliphatic carbocycles. The molecule has 0 bridgehead atoms. The van der Waals surface area contributed by atoms with Crippen LogP contribution in [0.25, 0.3) is 0 Å². The number of amides is 1. The highest BCUT2D eigenvalue weighted by molar-refractivity contribution is 7.12. The van der Waals surface area contributed by atoms with Gasteiger partial charge in [0.15, 0.2) is 0 Å². The standard InChI is InChI=1S/C16H22N2O2S/c1-2-18-9-5-7-14(18)12-17-16(20)15-13(8-11-21-15)6-3-4-10-19/h8,11,14,19H,2,4-5,7,9-10,12H2,1H3,(H,17,20). The molecule has 21 heavy (non-hydrogen) atoms. The first-order valence-electron chi connectivity index (χ1n) is 7.45. The molecule has 4 nitrogen and oxygen atoms in total. The highest BCUT2D eigenvalue weighted by Crippen LogP contribution is 2.18. The first kappa shape index (κ1) is 16.0. The number of rotatable bonds is 5. The van der Waals surface area contributed by atoms with Gasteiger partial charge >= 0.3 is 0 Å². The van der Waals surface area contributed by atoms with Crippen molar-refractivity contribution in [2.75, 3.05) is 26.2 Å². The molecule has 1 aliphatic rings. The lowest BCUT2D eigenvalue weighted by Gasteiger charge is -2.22. The van der Waals surface area contributed by atoms with Gasteiger partial charge in [0.25, 0.3) is 5.91 Å². The maximum atomic E-state index is 12.3. The Hall–Kier alpha value is -1.35. The second-order valence-corrected chi connectivity index (χ2v) is 5.99. The third kappa shape index (κ3) is 4.31. The minimum Gasteiger partial charge on any atom is -0.395 e. The van der Waals surface area contributed by atoms with Crippen molar-refractivity contribution in [2.45, 2.75) is 32.2 Å². The number of hydrogen-bond acceptors (Lipinski definition) is 4. The van der Waals surface area contributed by atoms with E-state index in [1.165, 1.54) is 17.8 Å².